The van der Waals surface area contributed by atoms with E-state index in [1.165, 1.54) is 36.4 Å². The molecule has 1 aliphatic heterocycles. The second kappa shape index (κ2) is 6.97. The minimum atomic E-state index is -4.28. The number of benzene rings is 2. The Morgan fingerprint density at radius 3 is 2.44 bits per heavy atom. The van der Waals surface area contributed by atoms with Crippen LogP contribution in [0.25, 0.3) is 0 Å². The largest absolute Gasteiger partial charge is 0.508 e. The molecule has 27 heavy (non-hydrogen) atoms. The predicted octanol–water partition coefficient (Wildman–Crippen LogP) is 1.71. The third-order valence-electron chi connectivity index (χ3n) is 4.37. The van der Waals surface area contributed by atoms with Gasteiger partial charge in [-0.3, -0.25) is 4.31 Å². The van der Waals surface area contributed by atoms with Gasteiger partial charge in [0.25, 0.3) is 10.0 Å². The number of anilines is 1. The molecule has 146 valence electrons. The number of hydrogen-bond acceptors (Lipinski definition) is 6. The first kappa shape index (κ1) is 19.9. The lowest BCUT2D eigenvalue weighted by atomic mass is 10.2. The van der Waals surface area contributed by atoms with Gasteiger partial charge < -0.3 is 10.2 Å². The van der Waals surface area contributed by atoms with Crippen molar-refractivity contribution in [3.63, 3.8) is 0 Å². The third kappa shape index (κ3) is 3.91. The molecule has 2 aromatic rings. The number of rotatable bonds is 4. The fourth-order valence-corrected chi connectivity index (χ4v) is 7.16. The number of halogens is 1. The maximum atomic E-state index is 13.4. The van der Waals surface area contributed by atoms with E-state index in [1.807, 2.05) is 0 Å². The number of aliphatic hydroxyl groups is 1. The minimum Gasteiger partial charge on any atom is -0.508 e. The summed E-state index contributed by atoms with van der Waals surface area (Å²) >= 11 is 5.96. The molecule has 0 radical (unpaired) electrons. The van der Waals surface area contributed by atoms with Crippen LogP contribution in [0.5, 0.6) is 5.75 Å². The molecule has 3 rings (SSSR count). The highest BCUT2D eigenvalue weighted by atomic mass is 35.5. The second-order valence-corrected chi connectivity index (χ2v) is 10.8. The Morgan fingerprint density at radius 1 is 1.15 bits per heavy atom. The molecule has 0 bridgehead atoms. The molecule has 2 N–H and O–H groups in total. The molecule has 0 amide bonds. The van der Waals surface area contributed by atoms with Crippen LogP contribution in [0.4, 0.5) is 5.69 Å². The van der Waals surface area contributed by atoms with Crippen LogP contribution >= 0.6 is 11.6 Å². The van der Waals surface area contributed by atoms with Gasteiger partial charge in [0.05, 0.1) is 34.2 Å². The maximum Gasteiger partial charge on any atom is 0.265 e. The average molecular weight is 432 g/mol. The van der Waals surface area contributed by atoms with Crippen molar-refractivity contribution in [1.82, 2.24) is 0 Å². The van der Waals surface area contributed by atoms with Crippen LogP contribution in [-0.4, -0.2) is 50.7 Å². The molecule has 1 fully saturated rings. The molecule has 0 aliphatic carbocycles. The first-order chi connectivity index (χ1) is 12.5. The van der Waals surface area contributed by atoms with Gasteiger partial charge in [0.15, 0.2) is 9.84 Å². The topological polar surface area (TPSA) is 112 Å². The third-order valence-corrected chi connectivity index (χ3v) is 8.30. The summed E-state index contributed by atoms with van der Waals surface area (Å²) in [5, 5.41) is 20.3. The SMILES string of the molecule is Cc1ccc(Cl)cc1S(=O)(=O)N(c1cccc(O)c1)[C@@H]1CS(=O)(=O)C[C@@H]1O. The summed E-state index contributed by atoms with van der Waals surface area (Å²) in [6.45, 7) is 1.59. The van der Waals surface area contributed by atoms with E-state index >= 15 is 0 Å². The van der Waals surface area contributed by atoms with E-state index in [0.717, 1.165) is 4.31 Å². The van der Waals surface area contributed by atoms with E-state index in [0.29, 0.717) is 5.56 Å². The summed E-state index contributed by atoms with van der Waals surface area (Å²) in [6.07, 6.45) is -1.40. The van der Waals surface area contributed by atoms with E-state index in [9.17, 15) is 27.0 Å². The van der Waals surface area contributed by atoms with Gasteiger partial charge in [0.2, 0.25) is 0 Å². The smallest absolute Gasteiger partial charge is 0.265 e. The summed E-state index contributed by atoms with van der Waals surface area (Å²) in [5.41, 5.74) is 0.468. The molecule has 10 heteroatoms. The normalized spacial score (nSPS) is 21.9. The lowest BCUT2D eigenvalue weighted by Crippen LogP contribution is -2.47. The zero-order valence-corrected chi connectivity index (χ0v) is 16.7. The maximum absolute atomic E-state index is 13.4. The van der Waals surface area contributed by atoms with E-state index in [-0.39, 0.29) is 21.4 Å². The van der Waals surface area contributed by atoms with Crippen molar-refractivity contribution in [1.29, 1.82) is 0 Å². The van der Waals surface area contributed by atoms with Crippen LogP contribution in [0.3, 0.4) is 0 Å². The summed E-state index contributed by atoms with van der Waals surface area (Å²) in [7, 11) is -7.89. The Morgan fingerprint density at radius 2 is 1.85 bits per heavy atom. The second-order valence-electron chi connectivity index (χ2n) is 6.44. The minimum absolute atomic E-state index is 0.0514. The molecular formula is C17H18ClNO6S2. The fraction of sp³-hybridized carbons (Fsp3) is 0.294. The predicted molar refractivity (Wildman–Crippen MR) is 102 cm³/mol. The zero-order chi connectivity index (χ0) is 20.0. The quantitative estimate of drug-likeness (QED) is 0.762. The summed E-state index contributed by atoms with van der Waals surface area (Å²) < 4.78 is 51.7. The van der Waals surface area contributed by atoms with Crippen LogP contribution in [-0.2, 0) is 19.9 Å². The Labute approximate surface area is 162 Å². The first-order valence-electron chi connectivity index (χ1n) is 7.99. The van der Waals surface area contributed by atoms with Crippen molar-refractivity contribution in [3.05, 3.63) is 53.1 Å². The number of aryl methyl sites for hydroxylation is 1. The molecule has 0 spiro atoms. The number of aliphatic hydroxyl groups excluding tert-OH is 1. The summed E-state index contributed by atoms with van der Waals surface area (Å²) in [6, 6.07) is 8.57. The number of nitrogens with zero attached hydrogens (tertiary/aromatic N) is 1. The summed E-state index contributed by atoms with van der Waals surface area (Å²) in [4.78, 5) is -0.102. The van der Waals surface area contributed by atoms with Crippen molar-refractivity contribution in [2.75, 3.05) is 15.8 Å². The average Bonchev–Trinajstić information content (AvgIpc) is 2.82. The van der Waals surface area contributed by atoms with Gasteiger partial charge in [-0.25, -0.2) is 16.8 Å². The Bertz CT molecular complexity index is 1080. The van der Waals surface area contributed by atoms with Crippen LogP contribution in [0.1, 0.15) is 5.56 Å². The molecule has 7 nitrogen and oxygen atoms in total. The molecule has 0 saturated carbocycles. The Hall–Kier alpha value is -1.81. The van der Waals surface area contributed by atoms with Gasteiger partial charge in [0.1, 0.15) is 5.75 Å². The number of phenolic OH excluding ortho intramolecular Hbond substituents is 1. The van der Waals surface area contributed by atoms with E-state index in [2.05, 4.69) is 0 Å². The number of aromatic hydroxyl groups is 1. The lowest BCUT2D eigenvalue weighted by molar-refractivity contribution is 0.184. The first-order valence-corrected chi connectivity index (χ1v) is 11.6. The monoisotopic (exact) mass is 431 g/mol. The van der Waals surface area contributed by atoms with E-state index < -0.39 is 43.5 Å². The molecule has 1 aliphatic rings. The lowest BCUT2D eigenvalue weighted by Gasteiger charge is -2.32. The highest BCUT2D eigenvalue weighted by Crippen LogP contribution is 2.34. The molecule has 1 saturated heterocycles. The molecule has 2 aromatic carbocycles. The van der Waals surface area contributed by atoms with Gasteiger partial charge in [-0.05, 0) is 36.8 Å². The molecule has 2 atom stereocenters. The van der Waals surface area contributed by atoms with Crippen LogP contribution in [0.2, 0.25) is 5.02 Å². The van der Waals surface area contributed by atoms with Gasteiger partial charge in [-0.1, -0.05) is 23.7 Å². The van der Waals surface area contributed by atoms with Gasteiger partial charge in [-0.2, -0.15) is 0 Å². The highest BCUT2D eigenvalue weighted by Gasteiger charge is 2.45. The standard InChI is InChI=1S/C17H18ClNO6S2/c1-11-5-6-12(18)7-17(11)27(24,25)19(13-3-2-4-14(20)8-13)15-9-26(22,23)10-16(15)21/h2-8,15-16,20-21H,9-10H2,1H3/t15-,16+/m1/s1. The van der Waals surface area contributed by atoms with Crippen molar-refractivity contribution < 1.29 is 27.0 Å². The Balaban J connectivity index is 2.22. The molecular weight excluding hydrogens is 414 g/mol. The Kier molecular flexibility index (Phi) is 5.15. The van der Waals surface area contributed by atoms with Gasteiger partial charge in [-0.15, -0.1) is 0 Å². The van der Waals surface area contributed by atoms with Gasteiger partial charge in [0, 0.05) is 11.1 Å². The van der Waals surface area contributed by atoms with E-state index in [1.54, 1.807) is 13.0 Å². The number of hydrogen-bond donors (Lipinski definition) is 2. The number of phenols is 1. The fourth-order valence-electron chi connectivity index (χ4n) is 3.13. The zero-order valence-electron chi connectivity index (χ0n) is 14.3. The van der Waals surface area contributed by atoms with Crippen molar-refractivity contribution in [2.45, 2.75) is 24.0 Å². The van der Waals surface area contributed by atoms with Crippen molar-refractivity contribution >= 4 is 37.1 Å². The van der Waals surface area contributed by atoms with E-state index in [4.69, 9.17) is 11.6 Å². The van der Waals surface area contributed by atoms with Crippen LogP contribution in [0, 0.1) is 6.92 Å². The van der Waals surface area contributed by atoms with Crippen molar-refractivity contribution in [2.24, 2.45) is 0 Å². The molecule has 0 aromatic heterocycles. The number of sulfone groups is 1. The summed E-state index contributed by atoms with van der Waals surface area (Å²) in [5.74, 6) is -1.24. The molecule has 1 heterocycles. The number of sulfonamides is 1. The van der Waals surface area contributed by atoms with Crippen molar-refractivity contribution in [3.8, 4) is 5.75 Å². The van der Waals surface area contributed by atoms with Gasteiger partial charge >= 0.3 is 0 Å². The van der Waals surface area contributed by atoms with Crippen LogP contribution < -0.4 is 4.31 Å². The molecule has 0 unspecified atom stereocenters. The highest BCUT2D eigenvalue weighted by molar-refractivity contribution is 7.93. The van der Waals surface area contributed by atoms with Crippen LogP contribution in [0.15, 0.2) is 47.4 Å².